The van der Waals surface area contributed by atoms with Gasteiger partial charge in [-0.2, -0.15) is 0 Å². The van der Waals surface area contributed by atoms with Gasteiger partial charge in [0.15, 0.2) is 0 Å². The van der Waals surface area contributed by atoms with E-state index in [1.807, 2.05) is 24.3 Å². The molecule has 1 radical (unpaired) electrons. The number of carbonyl (C=O) groups excluding carboxylic acids is 2. The number of amides is 2. The molecule has 0 aliphatic carbocycles. The number of carbonyl (C=O) groups is 2. The molecule has 0 aromatic heterocycles. The average Bonchev–Trinajstić information content (AvgIpc) is 3.16. The second-order valence-corrected chi connectivity index (χ2v) is 7.41. The molecule has 0 bridgehead atoms. The van der Waals surface area contributed by atoms with Crippen LogP contribution in [0.15, 0.2) is 49.1 Å². The van der Waals surface area contributed by atoms with Gasteiger partial charge in [-0.05, 0) is 0 Å². The number of para-hydroxylation sites is 1. The van der Waals surface area contributed by atoms with E-state index in [2.05, 4.69) is 19.7 Å². The fourth-order valence-electron chi connectivity index (χ4n) is 3.41. The third-order valence-electron chi connectivity index (χ3n) is 4.74. The van der Waals surface area contributed by atoms with Gasteiger partial charge in [0.05, 0.1) is 0 Å². The number of aliphatic hydroxyl groups excluding tert-OH is 1. The van der Waals surface area contributed by atoms with Gasteiger partial charge >= 0.3 is 185 Å². The van der Waals surface area contributed by atoms with Crippen LogP contribution in [0.4, 0.5) is 16.2 Å². The summed E-state index contributed by atoms with van der Waals surface area (Å²) in [5, 5.41) is 12.5. The summed E-state index contributed by atoms with van der Waals surface area (Å²) >= 11 is 0.307. The predicted octanol–water partition coefficient (Wildman–Crippen LogP) is 3.05. The molecule has 2 N–H and O–H groups in total. The van der Waals surface area contributed by atoms with Gasteiger partial charge in [0.1, 0.15) is 0 Å². The molecule has 2 aromatic rings. The monoisotopic (exact) mass is 666 g/mol. The molecule has 0 saturated heterocycles. The molecule has 0 unspecified atom stereocenters. The van der Waals surface area contributed by atoms with Gasteiger partial charge in [-0.1, -0.05) is 0 Å². The fraction of sp³-hybridized carbons (Fsp3) is 0.238. The van der Waals surface area contributed by atoms with Crippen LogP contribution in [0.3, 0.4) is 0 Å². The van der Waals surface area contributed by atoms with E-state index in [1.54, 1.807) is 0 Å². The van der Waals surface area contributed by atoms with E-state index in [1.165, 1.54) is 30.2 Å². The van der Waals surface area contributed by atoms with Crippen molar-refractivity contribution in [2.24, 2.45) is 0 Å². The Bertz CT molecular complexity index is 1060. The van der Waals surface area contributed by atoms with Crippen molar-refractivity contribution in [3.05, 3.63) is 60.2 Å². The van der Waals surface area contributed by atoms with Gasteiger partial charge in [-0.25, -0.2) is 0 Å². The number of thiol groups is 1. The van der Waals surface area contributed by atoms with Crippen molar-refractivity contribution in [1.82, 2.24) is 0 Å². The molecule has 3 rings (SSSR count). The SMILES string of the molecule is C=CCOC(=O)Nc1cc(O[SH-]#P)c(OC)cc1C(=O)N1c2ccccc2C[C@H]1CO.[Tl]. The van der Waals surface area contributed by atoms with Crippen LogP contribution in [0.1, 0.15) is 15.9 Å². The van der Waals surface area contributed by atoms with Crippen LogP contribution in [0, 0.1) is 0 Å². The molecule has 1 aliphatic rings. The second-order valence-electron chi connectivity index (χ2n) is 6.58. The van der Waals surface area contributed by atoms with Crippen molar-refractivity contribution in [3.63, 3.8) is 0 Å². The van der Waals surface area contributed by atoms with Gasteiger partial charge in [0.2, 0.25) is 0 Å². The number of methoxy groups -OCH3 is 1. The van der Waals surface area contributed by atoms with E-state index in [0.717, 1.165) is 5.56 Å². The number of anilines is 2. The Kier molecular flexibility index (Phi) is 10.3. The Morgan fingerprint density at radius 3 is 2.75 bits per heavy atom. The first-order valence-corrected chi connectivity index (χ1v) is 11.3. The second kappa shape index (κ2) is 12.4. The third kappa shape index (κ3) is 5.75. The number of aliphatic hydroxyl groups is 1. The van der Waals surface area contributed by atoms with Crippen molar-refractivity contribution in [2.45, 2.75) is 12.5 Å². The minimum Gasteiger partial charge on any atom is 0 e. The Balaban J connectivity index is 0.00000363. The first-order chi connectivity index (χ1) is 15.0. The van der Waals surface area contributed by atoms with Crippen LogP contribution in [0.25, 0.3) is 0 Å². The number of nitrogens with zero attached hydrogens (tertiary/aromatic N) is 1. The summed E-state index contributed by atoms with van der Waals surface area (Å²) in [7, 11) is 5.47. The Labute approximate surface area is 211 Å². The number of hydrogen-bond acceptors (Lipinski definition) is 7. The van der Waals surface area contributed by atoms with Gasteiger partial charge in [0, 0.05) is 27.3 Å². The molecule has 1 atom stereocenters. The molecule has 2 aromatic carbocycles. The first-order valence-electron chi connectivity index (χ1n) is 9.34. The molecular formula is C21H22N2O6PSTl-. The molecule has 2 amide bonds. The minimum atomic E-state index is -0.756. The molecule has 0 fully saturated rings. The van der Waals surface area contributed by atoms with E-state index in [4.69, 9.17) is 13.7 Å². The number of benzene rings is 2. The van der Waals surface area contributed by atoms with Crippen LogP contribution in [-0.2, 0) is 22.2 Å². The standard InChI is InChI=1S/C21H22N2O6PS.Tl/c1-3-8-28-21(26)22-16-11-19(29-31-30)18(27-2)10-15(16)20(25)23-14(12-24)9-13-6-4-5-7-17(13)23;/h3-7,10-11,14,24,31H,1,8-9,12H2,2H3,(H,22,26);/q-1;/t14-;/m0./s1. The van der Waals surface area contributed by atoms with Crippen LogP contribution in [0.2, 0.25) is 0 Å². The van der Waals surface area contributed by atoms with E-state index < -0.39 is 18.0 Å². The summed E-state index contributed by atoms with van der Waals surface area (Å²) in [5.41, 5.74) is 1.99. The quantitative estimate of drug-likeness (QED) is 0.155. The van der Waals surface area contributed by atoms with Crippen molar-refractivity contribution in [3.8, 4) is 11.5 Å². The van der Waals surface area contributed by atoms with Crippen LogP contribution >= 0.6 is 7.81 Å². The zero-order valence-corrected chi connectivity index (χ0v) is 23.6. The number of nitrogens with one attached hydrogen (secondary N) is 1. The molecule has 1 aliphatic heterocycles. The van der Waals surface area contributed by atoms with Crippen molar-refractivity contribution >= 4 is 69.5 Å². The summed E-state index contributed by atoms with van der Waals surface area (Å²) in [4.78, 5) is 27.3. The van der Waals surface area contributed by atoms with Gasteiger partial charge in [-0.3, -0.25) is 0 Å². The average molecular weight is 666 g/mol. The van der Waals surface area contributed by atoms with Crippen LogP contribution < -0.4 is 19.1 Å². The van der Waals surface area contributed by atoms with E-state index >= 15 is 0 Å². The van der Waals surface area contributed by atoms with Gasteiger partial charge in [0.25, 0.3) is 0 Å². The smallest absolute Gasteiger partial charge is 0 e. The fourth-order valence-corrected chi connectivity index (χ4v) is 3.90. The zero-order chi connectivity index (χ0) is 22.4. The Hall–Kier alpha value is -1.82. The topological polar surface area (TPSA) is 97.3 Å². The molecule has 0 saturated carbocycles. The molecular weight excluding hydrogens is 644 g/mol. The number of fused-ring (bicyclic) bond motifs is 1. The molecule has 8 nitrogen and oxygen atoms in total. The van der Waals surface area contributed by atoms with Crippen molar-refractivity contribution < 1.29 is 28.4 Å². The minimum absolute atomic E-state index is 0. The largest absolute Gasteiger partial charge is 0 e. The zero-order valence-electron chi connectivity index (χ0n) is 17.4. The normalized spacial score (nSPS) is 14.0. The maximum atomic E-state index is 13.6. The number of hydrogen-bond donors (Lipinski definition) is 2. The maximum absolute atomic E-state index is 13.6. The summed E-state index contributed by atoms with van der Waals surface area (Å²) < 4.78 is 15.8. The Morgan fingerprint density at radius 2 is 2.09 bits per heavy atom. The summed E-state index contributed by atoms with van der Waals surface area (Å²) in [6.07, 6.45) is 1.20. The summed E-state index contributed by atoms with van der Waals surface area (Å²) in [5.74, 6) is 0.175. The van der Waals surface area contributed by atoms with Crippen LogP contribution in [0.5, 0.6) is 11.5 Å². The molecule has 1 heterocycles. The first kappa shape index (κ1) is 26.4. The van der Waals surface area contributed by atoms with Crippen LogP contribution in [-0.4, -0.2) is 70.8 Å². The molecule has 167 valence electrons. The van der Waals surface area contributed by atoms with Gasteiger partial charge in [-0.15, -0.1) is 0 Å². The third-order valence-corrected chi connectivity index (χ3v) is 5.27. The maximum Gasteiger partial charge on any atom is 0 e. The van der Waals surface area contributed by atoms with E-state index in [-0.39, 0.29) is 57.5 Å². The van der Waals surface area contributed by atoms with Gasteiger partial charge < -0.3 is 0 Å². The number of rotatable bonds is 7. The van der Waals surface area contributed by atoms with Crippen molar-refractivity contribution in [2.75, 3.05) is 30.5 Å². The van der Waals surface area contributed by atoms with Crippen molar-refractivity contribution in [1.29, 1.82) is 0 Å². The van der Waals surface area contributed by atoms with E-state index in [9.17, 15) is 14.7 Å². The molecule has 32 heavy (non-hydrogen) atoms. The summed E-state index contributed by atoms with van der Waals surface area (Å²) in [6, 6.07) is 9.98. The number of ether oxygens (including phenoxy) is 2. The summed E-state index contributed by atoms with van der Waals surface area (Å²) in [6.45, 7) is 3.31. The molecule has 0 spiro atoms. The predicted molar refractivity (Wildman–Crippen MR) is 128 cm³/mol. The van der Waals surface area contributed by atoms with E-state index in [0.29, 0.717) is 28.9 Å². The Morgan fingerprint density at radius 1 is 1.34 bits per heavy atom. The molecule has 11 heteroatoms.